The Kier molecular flexibility index (Phi) is 15.7. The van der Waals surface area contributed by atoms with Gasteiger partial charge in [-0.1, -0.05) is 80.2 Å². The predicted molar refractivity (Wildman–Crippen MR) is 329 cm³/mol. The second kappa shape index (κ2) is 23.9. The largest absolute Gasteiger partial charge is 0.478 e. The number of carboxylic acid groups (broad SMARTS) is 1. The van der Waals surface area contributed by atoms with Gasteiger partial charge in [-0.25, -0.2) is 4.79 Å². The summed E-state index contributed by atoms with van der Waals surface area (Å²) in [5.74, 6) is 0.516. The van der Waals surface area contributed by atoms with E-state index in [-0.39, 0.29) is 19.2 Å². The molecule has 16 heteroatoms. The minimum Gasteiger partial charge on any atom is -0.478 e. The van der Waals surface area contributed by atoms with Crippen molar-refractivity contribution in [2.45, 2.75) is 84.5 Å². The average molecular weight is 1100 g/mol. The van der Waals surface area contributed by atoms with E-state index in [4.69, 9.17) is 22.3 Å². The number of H-pyrrole nitrogens is 1. The van der Waals surface area contributed by atoms with Crippen LogP contribution >= 0.6 is 0 Å². The fraction of sp³-hybridized carbons (Fsp3) is 0.194. The Morgan fingerprint density at radius 1 is 0.434 bits per heavy atom. The molecule has 0 spiro atoms. The molecule has 0 fully saturated rings. The van der Waals surface area contributed by atoms with Crippen molar-refractivity contribution in [1.82, 2.24) is 43.5 Å². The highest BCUT2D eigenvalue weighted by molar-refractivity contribution is 6.09. The summed E-state index contributed by atoms with van der Waals surface area (Å²) in [5, 5.41) is 27.5. The van der Waals surface area contributed by atoms with Crippen LogP contribution in [0.25, 0.3) is 49.8 Å². The van der Waals surface area contributed by atoms with E-state index >= 15 is 0 Å². The predicted octanol–water partition coefficient (Wildman–Crippen LogP) is 12.8. The van der Waals surface area contributed by atoms with Gasteiger partial charge in [-0.05, 0) is 168 Å². The van der Waals surface area contributed by atoms with E-state index in [0.29, 0.717) is 34.1 Å². The third-order valence-corrected chi connectivity index (χ3v) is 15.9. The zero-order valence-electron chi connectivity index (χ0n) is 45.3. The summed E-state index contributed by atoms with van der Waals surface area (Å²) in [4.78, 5) is 37.7. The smallest absolute Gasteiger partial charge is 0.336 e. The molecule has 16 nitrogen and oxygen atoms in total. The van der Waals surface area contributed by atoms with Gasteiger partial charge in [-0.15, -0.1) is 5.10 Å². The number of aromatic nitrogens is 9. The molecule has 0 unspecified atom stereocenters. The van der Waals surface area contributed by atoms with Crippen LogP contribution in [-0.4, -0.2) is 66.3 Å². The van der Waals surface area contributed by atoms with Crippen molar-refractivity contribution >= 4 is 67.9 Å². The first-order valence-electron chi connectivity index (χ1n) is 28.0. The number of aromatic carboxylic acids is 1. The van der Waals surface area contributed by atoms with Crippen LogP contribution < -0.4 is 17.2 Å². The molecule has 0 saturated carbocycles. The maximum absolute atomic E-state index is 13.3. The first-order valence-corrected chi connectivity index (χ1v) is 28.0. The Bertz CT molecular complexity index is 4290. The highest BCUT2D eigenvalue weighted by Gasteiger charge is 2.26. The quantitative estimate of drug-likeness (QED) is 0.106. The molecule has 3 aliphatic rings. The van der Waals surface area contributed by atoms with Crippen molar-refractivity contribution in [2.24, 2.45) is 0 Å². The molecule has 6 aromatic carbocycles. The summed E-state index contributed by atoms with van der Waals surface area (Å²) in [7, 11) is 0. The van der Waals surface area contributed by atoms with Gasteiger partial charge in [0.2, 0.25) is 0 Å². The van der Waals surface area contributed by atoms with Crippen molar-refractivity contribution in [3.63, 3.8) is 0 Å². The van der Waals surface area contributed by atoms with Gasteiger partial charge in [0.05, 0.1) is 44.6 Å². The van der Waals surface area contributed by atoms with Crippen LogP contribution in [0.2, 0.25) is 0 Å². The fourth-order valence-electron chi connectivity index (χ4n) is 11.8. The number of hydrogen-bond donors (Lipinski definition) is 5. The SMILES string of the molecule is C.Nc1c2c(nn1C(=O)c1cccc3c1ccn3-c1ccccc1)CCCC2.Nc1n[nH]c2c1CCCC2.Nc1nn(C(=O)c2cccc3c2ccn3-c2ccccc2)c2c1CCCC2.O=C(O)c1cccc2c1ccn2-c1ccccc1. The van der Waals surface area contributed by atoms with Gasteiger partial charge in [0.25, 0.3) is 11.8 Å². The number of aromatic amines is 1. The Labute approximate surface area is 480 Å². The summed E-state index contributed by atoms with van der Waals surface area (Å²) < 4.78 is 9.09. The fourth-order valence-corrected chi connectivity index (χ4v) is 11.8. The first kappa shape index (κ1) is 54.7. The number of nitrogen functional groups attached to an aromatic ring is 3. The van der Waals surface area contributed by atoms with E-state index in [0.717, 1.165) is 136 Å². The molecule has 8 N–H and O–H groups in total. The molecule has 0 saturated heterocycles. The average Bonchev–Trinajstić information content (AvgIpc) is 4.41. The zero-order valence-corrected chi connectivity index (χ0v) is 45.3. The maximum atomic E-state index is 13.3. The zero-order chi connectivity index (χ0) is 56.3. The standard InChI is InChI=1S/2C22H20N4O.C15H11NO2.C7H11N3.CH4/c23-21-18-9-4-5-11-20(18)26(24-21)22(27)17-10-6-12-19-16(17)13-14-25(19)15-7-2-1-3-8-15;23-21-18-9-4-5-11-19(18)24-26(21)22(27)17-10-6-12-20-16(17)13-14-25(20)15-7-2-1-3-8-15;17-15(18)13-7-4-8-14-12(13)9-10-16(14)11-5-2-1-3-6-11;8-7-5-3-1-2-4-6(5)9-10-7;/h1-3,6-8,10,12-14H,4-5,9,11H2,(H2,23,24);1-3,6-8,10,12-14H,4-5,9,11,23H2;1-10H,(H,17,18);1-4H2,(H3,8,9,10);1H4. The van der Waals surface area contributed by atoms with Crippen LogP contribution in [0.4, 0.5) is 17.5 Å². The molecule has 12 aromatic rings. The summed E-state index contributed by atoms with van der Waals surface area (Å²) in [6.07, 6.45) is 18.6. The number of nitrogens with one attached hydrogen (secondary N) is 1. The lowest BCUT2D eigenvalue weighted by molar-refractivity contribution is 0.0698. The third kappa shape index (κ3) is 10.7. The third-order valence-electron chi connectivity index (χ3n) is 15.9. The van der Waals surface area contributed by atoms with E-state index in [1.165, 1.54) is 33.5 Å². The van der Waals surface area contributed by atoms with Gasteiger partial charge in [-0.2, -0.15) is 19.6 Å². The Morgan fingerprint density at radius 3 is 1.36 bits per heavy atom. The van der Waals surface area contributed by atoms with E-state index < -0.39 is 5.97 Å². The molecular weight excluding hydrogens is 1040 g/mol. The van der Waals surface area contributed by atoms with Crippen molar-refractivity contribution in [3.8, 4) is 17.1 Å². The van der Waals surface area contributed by atoms with E-state index in [1.54, 1.807) is 12.1 Å². The number of para-hydroxylation sites is 3. The van der Waals surface area contributed by atoms with E-state index in [2.05, 4.69) is 41.7 Å². The summed E-state index contributed by atoms with van der Waals surface area (Å²) in [6, 6.07) is 52.8. The van der Waals surface area contributed by atoms with Gasteiger partial charge in [0.1, 0.15) is 17.5 Å². The Balaban J connectivity index is 0.000000121. The number of carboxylic acids is 1. The number of nitrogens with two attached hydrogens (primary N) is 3. The molecular formula is C67H66N12O4. The van der Waals surface area contributed by atoms with Gasteiger partial charge in [0, 0.05) is 74.2 Å². The van der Waals surface area contributed by atoms with Crippen LogP contribution in [-0.2, 0) is 38.5 Å². The van der Waals surface area contributed by atoms with Gasteiger partial charge < -0.3 is 36.0 Å². The molecule has 0 radical (unpaired) electrons. The highest BCUT2D eigenvalue weighted by Crippen LogP contribution is 2.32. The number of carbonyl (C=O) groups excluding carboxylic acids is 2. The lowest BCUT2D eigenvalue weighted by atomic mass is 9.97. The van der Waals surface area contributed by atoms with E-state index in [9.17, 15) is 14.4 Å². The number of fused-ring (bicyclic) bond motifs is 6. The molecule has 0 aliphatic heterocycles. The monoisotopic (exact) mass is 1100 g/mol. The highest BCUT2D eigenvalue weighted by atomic mass is 16.4. The normalized spacial score (nSPS) is 13.2. The number of anilines is 3. The second-order valence-electron chi connectivity index (χ2n) is 20.8. The van der Waals surface area contributed by atoms with Crippen LogP contribution in [0, 0.1) is 0 Å². The number of carbonyl (C=O) groups is 3. The summed E-state index contributed by atoms with van der Waals surface area (Å²) in [6.45, 7) is 0. The van der Waals surface area contributed by atoms with Crippen molar-refractivity contribution in [3.05, 3.63) is 233 Å². The van der Waals surface area contributed by atoms with Crippen molar-refractivity contribution in [2.75, 3.05) is 17.2 Å². The Morgan fingerprint density at radius 2 is 0.867 bits per heavy atom. The molecule has 3 aliphatic carbocycles. The van der Waals surface area contributed by atoms with Crippen LogP contribution in [0.5, 0.6) is 0 Å². The topological polar surface area (TPSA) is 229 Å². The lowest BCUT2D eigenvalue weighted by Gasteiger charge is -2.13. The molecule has 0 bridgehead atoms. The first-order chi connectivity index (χ1) is 40.1. The molecule has 83 heavy (non-hydrogen) atoms. The minimum absolute atomic E-state index is 0. The van der Waals surface area contributed by atoms with E-state index in [1.807, 2.05) is 163 Å². The number of hydrogen-bond acceptors (Lipinski definition) is 9. The van der Waals surface area contributed by atoms with Crippen molar-refractivity contribution < 1.29 is 19.5 Å². The molecule has 0 atom stereocenters. The van der Waals surface area contributed by atoms with Crippen LogP contribution in [0.15, 0.2) is 182 Å². The summed E-state index contributed by atoms with van der Waals surface area (Å²) in [5.41, 5.74) is 32.2. The number of aryl methyl sites for hydroxylation is 2. The number of benzene rings is 6. The molecule has 6 heterocycles. The lowest BCUT2D eigenvalue weighted by Crippen LogP contribution is -2.18. The van der Waals surface area contributed by atoms with Crippen LogP contribution in [0.1, 0.15) is 111 Å². The number of rotatable bonds is 6. The van der Waals surface area contributed by atoms with Gasteiger partial charge >= 0.3 is 5.97 Å². The second-order valence-corrected chi connectivity index (χ2v) is 20.8. The minimum atomic E-state index is -0.897. The molecule has 0 amide bonds. The molecule has 6 aromatic heterocycles. The summed E-state index contributed by atoms with van der Waals surface area (Å²) >= 11 is 0. The molecule has 15 rings (SSSR count). The van der Waals surface area contributed by atoms with Gasteiger partial charge in [0.15, 0.2) is 0 Å². The van der Waals surface area contributed by atoms with Crippen molar-refractivity contribution in [1.29, 1.82) is 0 Å². The number of nitrogens with zero attached hydrogens (tertiary/aromatic N) is 8. The molecule has 418 valence electrons. The van der Waals surface area contributed by atoms with Gasteiger partial charge in [-0.3, -0.25) is 14.7 Å². The maximum Gasteiger partial charge on any atom is 0.336 e. The Hall–Kier alpha value is -10.2. The van der Waals surface area contributed by atoms with Crippen LogP contribution in [0.3, 0.4) is 0 Å².